The minimum atomic E-state index is 1.32. The van der Waals surface area contributed by atoms with Crippen molar-refractivity contribution in [2.24, 2.45) is 0 Å². The highest BCUT2D eigenvalue weighted by Crippen LogP contribution is 2.11. The SMILES string of the molecule is CCCCCCCCN(CCCCCCCC)CCCCCCCC.Cc1ccccc1. The van der Waals surface area contributed by atoms with Gasteiger partial charge in [-0.3, -0.25) is 0 Å². The fourth-order valence-electron chi connectivity index (χ4n) is 4.22. The molecule has 188 valence electrons. The lowest BCUT2D eigenvalue weighted by Crippen LogP contribution is -2.27. The van der Waals surface area contributed by atoms with Gasteiger partial charge in [0.25, 0.3) is 0 Å². The van der Waals surface area contributed by atoms with Crippen LogP contribution in [0.3, 0.4) is 0 Å². The third kappa shape index (κ3) is 23.8. The maximum absolute atomic E-state index is 2.79. The van der Waals surface area contributed by atoms with Crippen molar-refractivity contribution in [2.75, 3.05) is 19.6 Å². The van der Waals surface area contributed by atoms with Gasteiger partial charge in [-0.2, -0.15) is 0 Å². The van der Waals surface area contributed by atoms with E-state index in [4.69, 9.17) is 0 Å². The summed E-state index contributed by atoms with van der Waals surface area (Å²) in [5, 5.41) is 0. The summed E-state index contributed by atoms with van der Waals surface area (Å²) in [5.74, 6) is 0. The molecule has 0 aliphatic heterocycles. The van der Waals surface area contributed by atoms with Crippen LogP contribution in [-0.2, 0) is 0 Å². The van der Waals surface area contributed by atoms with Gasteiger partial charge in [0.1, 0.15) is 0 Å². The van der Waals surface area contributed by atoms with E-state index >= 15 is 0 Å². The van der Waals surface area contributed by atoms with Gasteiger partial charge in [-0.25, -0.2) is 0 Å². The zero-order valence-corrected chi connectivity index (χ0v) is 22.7. The molecule has 0 radical (unpaired) electrons. The molecule has 0 unspecified atom stereocenters. The molecule has 1 heteroatoms. The van der Waals surface area contributed by atoms with E-state index in [1.54, 1.807) is 0 Å². The molecule has 0 saturated carbocycles. The lowest BCUT2D eigenvalue weighted by Gasteiger charge is -2.22. The molecule has 0 bridgehead atoms. The average molecular weight is 446 g/mol. The largest absolute Gasteiger partial charge is 0.303 e. The zero-order valence-electron chi connectivity index (χ0n) is 22.7. The lowest BCUT2D eigenvalue weighted by molar-refractivity contribution is 0.254. The first kappa shape index (κ1) is 31.2. The third-order valence-corrected chi connectivity index (χ3v) is 6.42. The Bertz CT molecular complexity index is 403. The van der Waals surface area contributed by atoms with Gasteiger partial charge in [-0.05, 0) is 45.8 Å². The highest BCUT2D eigenvalue weighted by molar-refractivity contribution is 5.11. The van der Waals surface area contributed by atoms with Gasteiger partial charge in [-0.1, -0.05) is 153 Å². The highest BCUT2D eigenvalue weighted by atomic mass is 15.1. The summed E-state index contributed by atoms with van der Waals surface area (Å²) in [6.07, 6.45) is 25.7. The Hall–Kier alpha value is -0.820. The Morgan fingerprint density at radius 2 is 0.750 bits per heavy atom. The smallest absolute Gasteiger partial charge is 0.00187 e. The van der Waals surface area contributed by atoms with E-state index < -0.39 is 0 Å². The van der Waals surface area contributed by atoms with Crippen molar-refractivity contribution in [3.63, 3.8) is 0 Å². The lowest BCUT2D eigenvalue weighted by atomic mass is 10.1. The Morgan fingerprint density at radius 3 is 1.03 bits per heavy atom. The van der Waals surface area contributed by atoms with Crippen molar-refractivity contribution in [2.45, 2.75) is 143 Å². The predicted octanol–water partition coefficient (Wildman–Crippen LogP) is 10.4. The van der Waals surface area contributed by atoms with Crippen LogP contribution in [0.25, 0.3) is 0 Å². The maximum atomic E-state index is 2.79. The van der Waals surface area contributed by atoms with E-state index in [0.717, 1.165) is 0 Å². The predicted molar refractivity (Wildman–Crippen MR) is 148 cm³/mol. The van der Waals surface area contributed by atoms with Crippen LogP contribution in [-0.4, -0.2) is 24.5 Å². The molecule has 32 heavy (non-hydrogen) atoms. The summed E-state index contributed by atoms with van der Waals surface area (Å²) in [6, 6.07) is 10.3. The van der Waals surface area contributed by atoms with Crippen molar-refractivity contribution in [1.82, 2.24) is 4.90 Å². The first-order chi connectivity index (χ1) is 15.7. The number of benzene rings is 1. The highest BCUT2D eigenvalue weighted by Gasteiger charge is 2.05. The standard InChI is InChI=1S/C24H51N.C7H8/c1-4-7-10-13-16-19-22-25(23-20-17-14-11-8-5-2)24-21-18-15-12-9-6-3;1-7-5-3-2-4-6-7/h4-24H2,1-3H3;2-6H,1H3. The van der Waals surface area contributed by atoms with Gasteiger partial charge < -0.3 is 4.90 Å². The van der Waals surface area contributed by atoms with Crippen LogP contribution >= 0.6 is 0 Å². The topological polar surface area (TPSA) is 3.24 Å². The van der Waals surface area contributed by atoms with Gasteiger partial charge in [0.05, 0.1) is 0 Å². The fraction of sp³-hybridized carbons (Fsp3) is 0.806. The fourth-order valence-corrected chi connectivity index (χ4v) is 4.22. The summed E-state index contributed by atoms with van der Waals surface area (Å²) in [4.78, 5) is 2.79. The molecule has 0 spiro atoms. The van der Waals surface area contributed by atoms with Crippen molar-refractivity contribution in [1.29, 1.82) is 0 Å². The molecule has 0 saturated heterocycles. The van der Waals surface area contributed by atoms with Crippen LogP contribution in [0, 0.1) is 6.92 Å². The van der Waals surface area contributed by atoms with Crippen LogP contribution in [0.15, 0.2) is 30.3 Å². The monoisotopic (exact) mass is 445 g/mol. The Kier molecular flexibility index (Phi) is 25.8. The zero-order chi connectivity index (χ0) is 23.5. The minimum Gasteiger partial charge on any atom is -0.303 e. The Balaban J connectivity index is 0.00000115. The van der Waals surface area contributed by atoms with Crippen molar-refractivity contribution in [3.05, 3.63) is 35.9 Å². The molecular weight excluding hydrogens is 386 g/mol. The second-order valence-electron chi connectivity index (χ2n) is 9.80. The molecule has 0 aromatic heterocycles. The molecule has 0 aliphatic rings. The van der Waals surface area contributed by atoms with Crippen LogP contribution in [0.2, 0.25) is 0 Å². The summed E-state index contributed by atoms with van der Waals surface area (Å²) < 4.78 is 0. The normalized spacial score (nSPS) is 10.9. The van der Waals surface area contributed by atoms with Crippen molar-refractivity contribution >= 4 is 0 Å². The molecule has 1 aromatic rings. The average Bonchev–Trinajstić information content (AvgIpc) is 2.81. The number of hydrogen-bond acceptors (Lipinski definition) is 1. The Labute approximate surface area is 203 Å². The summed E-state index contributed by atoms with van der Waals surface area (Å²) in [7, 11) is 0. The number of aryl methyl sites for hydroxylation is 1. The molecule has 0 N–H and O–H groups in total. The maximum Gasteiger partial charge on any atom is -0.00187 e. The van der Waals surface area contributed by atoms with E-state index in [1.807, 2.05) is 18.2 Å². The van der Waals surface area contributed by atoms with Crippen molar-refractivity contribution in [3.8, 4) is 0 Å². The Morgan fingerprint density at radius 1 is 0.438 bits per heavy atom. The van der Waals surface area contributed by atoms with Gasteiger partial charge in [-0.15, -0.1) is 0 Å². The molecule has 1 rings (SSSR count). The van der Waals surface area contributed by atoms with Gasteiger partial charge in [0, 0.05) is 0 Å². The number of unbranched alkanes of at least 4 members (excludes halogenated alkanes) is 15. The van der Waals surface area contributed by atoms with Gasteiger partial charge in [0.15, 0.2) is 0 Å². The van der Waals surface area contributed by atoms with E-state index in [0.29, 0.717) is 0 Å². The third-order valence-electron chi connectivity index (χ3n) is 6.42. The van der Waals surface area contributed by atoms with E-state index in [1.165, 1.54) is 141 Å². The van der Waals surface area contributed by atoms with E-state index in [-0.39, 0.29) is 0 Å². The van der Waals surface area contributed by atoms with Crippen LogP contribution in [0.4, 0.5) is 0 Å². The molecule has 0 fully saturated rings. The van der Waals surface area contributed by atoms with E-state index in [2.05, 4.69) is 44.7 Å². The molecule has 0 amide bonds. The van der Waals surface area contributed by atoms with Crippen LogP contribution in [0.5, 0.6) is 0 Å². The van der Waals surface area contributed by atoms with Gasteiger partial charge in [0.2, 0.25) is 0 Å². The first-order valence-electron chi connectivity index (χ1n) is 14.5. The molecule has 0 aliphatic carbocycles. The van der Waals surface area contributed by atoms with Gasteiger partial charge >= 0.3 is 0 Å². The molecular formula is C31H59N. The first-order valence-corrected chi connectivity index (χ1v) is 14.5. The second-order valence-corrected chi connectivity index (χ2v) is 9.80. The van der Waals surface area contributed by atoms with Crippen LogP contribution < -0.4 is 0 Å². The summed E-state index contributed by atoms with van der Waals surface area (Å²) >= 11 is 0. The summed E-state index contributed by atoms with van der Waals surface area (Å²) in [5.41, 5.74) is 1.32. The quantitative estimate of drug-likeness (QED) is 0.170. The number of hydrogen-bond donors (Lipinski definition) is 0. The molecule has 0 heterocycles. The second kappa shape index (κ2) is 26.4. The summed E-state index contributed by atoms with van der Waals surface area (Å²) in [6.45, 7) is 13.1. The van der Waals surface area contributed by atoms with Crippen molar-refractivity contribution < 1.29 is 0 Å². The number of rotatable bonds is 21. The number of nitrogens with zero attached hydrogens (tertiary/aromatic N) is 1. The molecule has 0 atom stereocenters. The van der Waals surface area contributed by atoms with E-state index in [9.17, 15) is 0 Å². The van der Waals surface area contributed by atoms with Crippen LogP contribution in [0.1, 0.15) is 142 Å². The molecule has 1 nitrogen and oxygen atoms in total. The molecule has 1 aromatic carbocycles. The minimum absolute atomic E-state index is 1.32.